The van der Waals surface area contributed by atoms with E-state index >= 15 is 0 Å². The van der Waals surface area contributed by atoms with Gasteiger partial charge in [0.15, 0.2) is 0 Å². The van der Waals surface area contributed by atoms with Gasteiger partial charge in [-0.05, 0) is 69.5 Å². The third kappa shape index (κ3) is 3.93. The first-order valence-electron chi connectivity index (χ1n) is 7.34. The second-order valence-electron chi connectivity index (χ2n) is 5.55. The molecule has 0 aliphatic carbocycles. The highest BCUT2D eigenvalue weighted by molar-refractivity contribution is 7.80. The van der Waals surface area contributed by atoms with Gasteiger partial charge in [0.25, 0.3) is 0 Å². The molecular formula is C16H24N2OS. The number of aryl methyl sites for hydroxylation is 2. The number of ether oxygens (including phenoxy) is 1. The molecule has 0 bridgehead atoms. The Morgan fingerprint density at radius 1 is 1.25 bits per heavy atom. The fraction of sp³-hybridized carbons (Fsp3) is 0.562. The molecule has 0 saturated carbocycles. The Kier molecular flexibility index (Phi) is 5.38. The maximum atomic E-state index is 5.95. The Bertz CT molecular complexity index is 458. The third-order valence-corrected chi connectivity index (χ3v) is 4.04. The Balaban J connectivity index is 1.87. The lowest BCUT2D eigenvalue weighted by Gasteiger charge is -2.16. The van der Waals surface area contributed by atoms with Gasteiger partial charge in [-0.2, -0.15) is 0 Å². The van der Waals surface area contributed by atoms with Crippen molar-refractivity contribution in [1.29, 1.82) is 0 Å². The summed E-state index contributed by atoms with van der Waals surface area (Å²) < 4.78 is 5.95. The largest absolute Gasteiger partial charge is 0.493 e. The zero-order valence-corrected chi connectivity index (χ0v) is 13.3. The second kappa shape index (κ2) is 7.04. The highest BCUT2D eigenvalue weighted by atomic mass is 32.1. The van der Waals surface area contributed by atoms with Crippen LogP contribution in [0.1, 0.15) is 36.0 Å². The molecule has 1 aliphatic rings. The first-order valence-corrected chi connectivity index (χ1v) is 7.75. The molecule has 3 nitrogen and oxygen atoms in total. The average Bonchev–Trinajstić information content (AvgIpc) is 2.89. The number of rotatable bonds is 6. The standard InChI is InChI=1S/C16H24N2OS/c1-12-10-14(16(17)20)11-13(2)15(12)19-9-5-8-18-6-3-4-7-18/h10-11H,3-9H2,1-2H3,(H2,17,20). The lowest BCUT2D eigenvalue weighted by Crippen LogP contribution is -2.22. The van der Waals surface area contributed by atoms with Crippen LogP contribution in [0.2, 0.25) is 0 Å². The van der Waals surface area contributed by atoms with Crippen LogP contribution in [0.15, 0.2) is 12.1 Å². The van der Waals surface area contributed by atoms with Crippen molar-refractivity contribution in [2.45, 2.75) is 33.1 Å². The molecule has 20 heavy (non-hydrogen) atoms. The van der Waals surface area contributed by atoms with Crippen LogP contribution < -0.4 is 10.5 Å². The zero-order valence-electron chi connectivity index (χ0n) is 12.4. The van der Waals surface area contributed by atoms with E-state index in [4.69, 9.17) is 22.7 Å². The van der Waals surface area contributed by atoms with Crippen molar-refractivity contribution in [3.8, 4) is 5.75 Å². The van der Waals surface area contributed by atoms with Crippen LogP contribution in [0.25, 0.3) is 0 Å². The highest BCUT2D eigenvalue weighted by Gasteiger charge is 2.11. The summed E-state index contributed by atoms with van der Waals surface area (Å²) >= 11 is 5.02. The summed E-state index contributed by atoms with van der Waals surface area (Å²) in [5, 5.41) is 0. The molecule has 0 aromatic heterocycles. The van der Waals surface area contributed by atoms with Crippen molar-refractivity contribution in [2.24, 2.45) is 5.73 Å². The third-order valence-electron chi connectivity index (χ3n) is 3.81. The maximum absolute atomic E-state index is 5.95. The monoisotopic (exact) mass is 292 g/mol. The molecule has 1 fully saturated rings. The van der Waals surface area contributed by atoms with Crippen LogP contribution in [0.4, 0.5) is 0 Å². The molecule has 2 N–H and O–H groups in total. The number of hydrogen-bond donors (Lipinski definition) is 1. The Morgan fingerprint density at radius 3 is 2.40 bits per heavy atom. The van der Waals surface area contributed by atoms with Crippen LogP contribution in [0.3, 0.4) is 0 Å². The molecule has 0 spiro atoms. The fourth-order valence-corrected chi connectivity index (χ4v) is 2.91. The molecule has 0 amide bonds. The maximum Gasteiger partial charge on any atom is 0.125 e. The average molecular weight is 292 g/mol. The number of nitrogens with zero attached hydrogens (tertiary/aromatic N) is 1. The normalized spacial score (nSPS) is 15.5. The quantitative estimate of drug-likeness (QED) is 0.646. The number of thiocarbonyl (C=S) groups is 1. The lowest BCUT2D eigenvalue weighted by atomic mass is 10.1. The molecule has 0 radical (unpaired) electrons. The van der Waals surface area contributed by atoms with Crippen molar-refractivity contribution in [3.63, 3.8) is 0 Å². The minimum absolute atomic E-state index is 0.441. The predicted molar refractivity (Wildman–Crippen MR) is 87.6 cm³/mol. The molecule has 1 aromatic rings. The van der Waals surface area contributed by atoms with E-state index in [0.29, 0.717) is 4.99 Å². The Hall–Kier alpha value is -1.13. The van der Waals surface area contributed by atoms with Gasteiger partial charge < -0.3 is 15.4 Å². The summed E-state index contributed by atoms with van der Waals surface area (Å²) in [7, 11) is 0. The summed E-state index contributed by atoms with van der Waals surface area (Å²) in [4.78, 5) is 2.95. The van der Waals surface area contributed by atoms with E-state index in [1.807, 2.05) is 26.0 Å². The molecule has 1 saturated heterocycles. The van der Waals surface area contributed by atoms with Crippen molar-refractivity contribution in [1.82, 2.24) is 4.90 Å². The Labute approximate surface area is 127 Å². The predicted octanol–water partition coefficient (Wildman–Crippen LogP) is 2.80. The fourth-order valence-electron chi connectivity index (χ4n) is 2.79. The van der Waals surface area contributed by atoms with E-state index in [2.05, 4.69) is 4.90 Å². The van der Waals surface area contributed by atoms with Gasteiger partial charge in [-0.1, -0.05) is 12.2 Å². The number of hydrogen-bond acceptors (Lipinski definition) is 3. The molecule has 2 rings (SSSR count). The van der Waals surface area contributed by atoms with E-state index in [9.17, 15) is 0 Å². The second-order valence-corrected chi connectivity index (χ2v) is 5.99. The van der Waals surface area contributed by atoms with Crippen molar-refractivity contribution in [2.75, 3.05) is 26.2 Å². The molecular weight excluding hydrogens is 268 g/mol. The molecule has 1 heterocycles. The van der Waals surface area contributed by atoms with Gasteiger partial charge in [-0.25, -0.2) is 0 Å². The molecule has 1 aliphatic heterocycles. The molecule has 110 valence electrons. The van der Waals surface area contributed by atoms with Crippen molar-refractivity contribution >= 4 is 17.2 Å². The molecule has 0 atom stereocenters. The van der Waals surface area contributed by atoms with Crippen LogP contribution in [-0.2, 0) is 0 Å². The first kappa shape index (κ1) is 15.3. The smallest absolute Gasteiger partial charge is 0.125 e. The van der Waals surface area contributed by atoms with Gasteiger partial charge in [-0.15, -0.1) is 0 Å². The van der Waals surface area contributed by atoms with E-state index < -0.39 is 0 Å². The topological polar surface area (TPSA) is 38.5 Å². The summed E-state index contributed by atoms with van der Waals surface area (Å²) in [5.74, 6) is 0.978. The van der Waals surface area contributed by atoms with Gasteiger partial charge in [0.1, 0.15) is 10.7 Å². The van der Waals surface area contributed by atoms with Crippen molar-refractivity contribution < 1.29 is 4.74 Å². The van der Waals surface area contributed by atoms with E-state index in [0.717, 1.165) is 42.0 Å². The van der Waals surface area contributed by atoms with Gasteiger partial charge >= 0.3 is 0 Å². The summed E-state index contributed by atoms with van der Waals surface area (Å²) in [5.41, 5.74) is 8.81. The molecule has 0 unspecified atom stereocenters. The van der Waals surface area contributed by atoms with Crippen LogP contribution in [0, 0.1) is 13.8 Å². The van der Waals surface area contributed by atoms with Gasteiger partial charge in [0.2, 0.25) is 0 Å². The minimum Gasteiger partial charge on any atom is -0.493 e. The summed E-state index contributed by atoms with van der Waals surface area (Å²) in [6.45, 7) is 8.50. The van der Waals surface area contributed by atoms with Crippen molar-refractivity contribution in [3.05, 3.63) is 28.8 Å². The zero-order chi connectivity index (χ0) is 14.5. The van der Waals surface area contributed by atoms with Gasteiger partial charge in [0.05, 0.1) is 6.61 Å². The minimum atomic E-state index is 0.441. The van der Waals surface area contributed by atoms with E-state index in [-0.39, 0.29) is 0 Å². The number of nitrogens with two attached hydrogens (primary N) is 1. The van der Waals surface area contributed by atoms with Crippen LogP contribution in [-0.4, -0.2) is 36.1 Å². The van der Waals surface area contributed by atoms with Gasteiger partial charge in [-0.3, -0.25) is 0 Å². The van der Waals surface area contributed by atoms with E-state index in [1.54, 1.807) is 0 Å². The van der Waals surface area contributed by atoms with Gasteiger partial charge in [0, 0.05) is 12.1 Å². The number of benzene rings is 1. The summed E-state index contributed by atoms with van der Waals surface area (Å²) in [6.07, 6.45) is 3.77. The highest BCUT2D eigenvalue weighted by Crippen LogP contribution is 2.25. The number of likely N-dealkylation sites (tertiary alicyclic amines) is 1. The lowest BCUT2D eigenvalue weighted by molar-refractivity contribution is 0.261. The molecule has 1 aromatic carbocycles. The SMILES string of the molecule is Cc1cc(C(N)=S)cc(C)c1OCCCN1CCCC1. The Morgan fingerprint density at radius 2 is 1.85 bits per heavy atom. The van der Waals surface area contributed by atoms with Crippen LogP contribution >= 0.6 is 12.2 Å². The van der Waals surface area contributed by atoms with E-state index in [1.165, 1.54) is 25.9 Å². The van der Waals surface area contributed by atoms with Crippen LogP contribution in [0.5, 0.6) is 5.75 Å². The summed E-state index contributed by atoms with van der Waals surface area (Å²) in [6, 6.07) is 4.01. The first-order chi connectivity index (χ1) is 9.58. The molecule has 4 heteroatoms.